The third-order valence-corrected chi connectivity index (χ3v) is 4.03. The summed E-state index contributed by atoms with van der Waals surface area (Å²) in [5.41, 5.74) is 7.84. The molecule has 0 unspecified atom stereocenters. The van der Waals surface area contributed by atoms with Crippen molar-refractivity contribution in [2.24, 2.45) is 0 Å². The molecule has 1 amide bonds. The Morgan fingerprint density at radius 2 is 1.83 bits per heavy atom. The zero-order valence-corrected chi connectivity index (χ0v) is 14.9. The molecule has 3 N–H and O–H groups in total. The van der Waals surface area contributed by atoms with E-state index in [2.05, 4.69) is 5.32 Å². The number of anilines is 1. The van der Waals surface area contributed by atoms with Crippen LogP contribution in [0.5, 0.6) is 0 Å². The van der Waals surface area contributed by atoms with E-state index in [4.69, 9.17) is 17.3 Å². The molecule has 0 aliphatic carbocycles. The maximum absolute atomic E-state index is 12.4. The van der Waals surface area contributed by atoms with Gasteiger partial charge >= 0.3 is 0 Å². The summed E-state index contributed by atoms with van der Waals surface area (Å²) in [6, 6.07) is 15.1. The molecule has 0 saturated carbocycles. The van der Waals surface area contributed by atoms with Crippen molar-refractivity contribution in [3.05, 3.63) is 64.7 Å². The summed E-state index contributed by atoms with van der Waals surface area (Å²) >= 11 is 6.01. The van der Waals surface area contributed by atoms with Gasteiger partial charge in [0.2, 0.25) is 5.91 Å². The Balaban J connectivity index is 0.00000264. The van der Waals surface area contributed by atoms with Crippen molar-refractivity contribution in [1.29, 1.82) is 0 Å². The number of hydrogen-bond acceptors (Lipinski definition) is 2. The maximum atomic E-state index is 12.4. The molecule has 3 nitrogen and oxygen atoms in total. The third kappa shape index (κ3) is 5.15. The van der Waals surface area contributed by atoms with Crippen LogP contribution < -0.4 is 11.1 Å². The zero-order chi connectivity index (χ0) is 16.2. The second kappa shape index (κ2) is 8.23. The standard InChI is InChI=1S/C18H21ClN2O.ClH/c1-18(2,14-4-3-5-15(19)12-14)17(22)21-11-10-13-6-8-16(20)9-7-13;/h3-9,12H,10-11,20H2,1-2H3,(H,21,22);1H. The van der Waals surface area contributed by atoms with Gasteiger partial charge in [-0.25, -0.2) is 0 Å². The summed E-state index contributed by atoms with van der Waals surface area (Å²) < 4.78 is 0. The van der Waals surface area contributed by atoms with Gasteiger partial charge < -0.3 is 11.1 Å². The first-order chi connectivity index (χ1) is 10.4. The molecule has 0 fully saturated rings. The van der Waals surface area contributed by atoms with Crippen LogP contribution in [0, 0.1) is 0 Å². The second-order valence-electron chi connectivity index (χ2n) is 5.88. The first kappa shape index (κ1) is 19.3. The molecule has 2 rings (SSSR count). The fourth-order valence-electron chi connectivity index (χ4n) is 2.23. The summed E-state index contributed by atoms with van der Waals surface area (Å²) in [6.45, 7) is 4.39. The number of halogens is 2. The molecule has 124 valence electrons. The van der Waals surface area contributed by atoms with E-state index in [9.17, 15) is 4.79 Å². The smallest absolute Gasteiger partial charge is 0.230 e. The fraction of sp³-hybridized carbons (Fsp3) is 0.278. The third-order valence-electron chi connectivity index (χ3n) is 3.79. The average Bonchev–Trinajstić information content (AvgIpc) is 2.49. The molecule has 0 atom stereocenters. The lowest BCUT2D eigenvalue weighted by Gasteiger charge is -2.24. The van der Waals surface area contributed by atoms with Gasteiger partial charge in [-0.05, 0) is 55.7 Å². The topological polar surface area (TPSA) is 55.1 Å². The van der Waals surface area contributed by atoms with Gasteiger partial charge in [0.15, 0.2) is 0 Å². The van der Waals surface area contributed by atoms with Crippen LogP contribution in [0.4, 0.5) is 5.69 Å². The molecule has 0 saturated heterocycles. The summed E-state index contributed by atoms with van der Waals surface area (Å²) in [7, 11) is 0. The van der Waals surface area contributed by atoms with Crippen molar-refractivity contribution in [3.8, 4) is 0 Å². The number of nitrogen functional groups attached to an aromatic ring is 1. The number of carbonyl (C=O) groups excluding carboxylic acids is 1. The van der Waals surface area contributed by atoms with Crippen LogP contribution in [0.3, 0.4) is 0 Å². The fourth-order valence-corrected chi connectivity index (χ4v) is 2.42. The molecule has 23 heavy (non-hydrogen) atoms. The van der Waals surface area contributed by atoms with Crippen LogP contribution in [0.2, 0.25) is 5.02 Å². The minimum atomic E-state index is -0.619. The van der Waals surface area contributed by atoms with Crippen molar-refractivity contribution >= 4 is 35.6 Å². The predicted octanol–water partition coefficient (Wildman–Crippen LogP) is 3.98. The number of carbonyl (C=O) groups is 1. The van der Waals surface area contributed by atoms with Crippen LogP contribution in [0.15, 0.2) is 48.5 Å². The van der Waals surface area contributed by atoms with Crippen LogP contribution in [0.1, 0.15) is 25.0 Å². The van der Waals surface area contributed by atoms with Crippen molar-refractivity contribution < 1.29 is 4.79 Å². The first-order valence-electron chi connectivity index (χ1n) is 7.28. The van der Waals surface area contributed by atoms with Crippen molar-refractivity contribution in [3.63, 3.8) is 0 Å². The van der Waals surface area contributed by atoms with Crippen molar-refractivity contribution in [2.75, 3.05) is 12.3 Å². The lowest BCUT2D eigenvalue weighted by atomic mass is 9.83. The quantitative estimate of drug-likeness (QED) is 0.799. The van der Waals surface area contributed by atoms with E-state index in [1.54, 1.807) is 6.07 Å². The molecule has 2 aromatic carbocycles. The molecular weight excluding hydrogens is 331 g/mol. The maximum Gasteiger partial charge on any atom is 0.230 e. The van der Waals surface area contributed by atoms with Crippen LogP contribution in [0.25, 0.3) is 0 Å². The molecular formula is C18H22Cl2N2O. The number of amides is 1. The number of hydrogen-bond donors (Lipinski definition) is 2. The first-order valence-corrected chi connectivity index (χ1v) is 7.66. The lowest BCUT2D eigenvalue weighted by molar-refractivity contribution is -0.125. The summed E-state index contributed by atoms with van der Waals surface area (Å²) in [5, 5.41) is 3.63. The van der Waals surface area contributed by atoms with E-state index < -0.39 is 5.41 Å². The zero-order valence-electron chi connectivity index (χ0n) is 13.3. The minimum absolute atomic E-state index is 0. The van der Waals surface area contributed by atoms with Gasteiger partial charge in [0.1, 0.15) is 0 Å². The van der Waals surface area contributed by atoms with Crippen LogP contribution in [-0.2, 0) is 16.6 Å². The molecule has 0 aliphatic heterocycles. The Morgan fingerprint density at radius 1 is 1.17 bits per heavy atom. The van der Waals surface area contributed by atoms with E-state index in [0.717, 1.165) is 23.2 Å². The Bertz CT molecular complexity index is 654. The summed E-state index contributed by atoms with van der Waals surface area (Å²) in [4.78, 5) is 12.4. The highest BCUT2D eigenvalue weighted by atomic mass is 35.5. The molecule has 0 heterocycles. The monoisotopic (exact) mass is 352 g/mol. The molecule has 0 spiro atoms. The van der Waals surface area contributed by atoms with E-state index in [1.807, 2.05) is 56.3 Å². The van der Waals surface area contributed by atoms with E-state index >= 15 is 0 Å². The molecule has 0 aromatic heterocycles. The van der Waals surface area contributed by atoms with Crippen molar-refractivity contribution in [1.82, 2.24) is 5.32 Å². The van der Waals surface area contributed by atoms with Gasteiger partial charge in [-0.15, -0.1) is 12.4 Å². The van der Waals surface area contributed by atoms with Gasteiger partial charge in [-0.3, -0.25) is 4.79 Å². The van der Waals surface area contributed by atoms with Crippen LogP contribution in [-0.4, -0.2) is 12.5 Å². The molecule has 5 heteroatoms. The SMILES string of the molecule is CC(C)(C(=O)NCCc1ccc(N)cc1)c1cccc(Cl)c1.Cl. The second-order valence-corrected chi connectivity index (χ2v) is 6.32. The number of rotatable bonds is 5. The largest absolute Gasteiger partial charge is 0.399 e. The lowest BCUT2D eigenvalue weighted by Crippen LogP contribution is -2.40. The normalized spacial score (nSPS) is 10.7. The molecule has 0 aliphatic rings. The number of benzene rings is 2. The number of nitrogens with two attached hydrogens (primary N) is 1. The van der Waals surface area contributed by atoms with Gasteiger partial charge in [-0.1, -0.05) is 35.9 Å². The molecule has 0 radical (unpaired) electrons. The van der Waals surface area contributed by atoms with Gasteiger partial charge in [0, 0.05) is 17.3 Å². The van der Waals surface area contributed by atoms with Gasteiger partial charge in [0.05, 0.1) is 5.41 Å². The molecule has 0 bridgehead atoms. The summed E-state index contributed by atoms with van der Waals surface area (Å²) in [6.07, 6.45) is 0.775. The van der Waals surface area contributed by atoms with Crippen molar-refractivity contribution in [2.45, 2.75) is 25.7 Å². The van der Waals surface area contributed by atoms with E-state index in [1.165, 1.54) is 0 Å². The van der Waals surface area contributed by atoms with Gasteiger partial charge in [-0.2, -0.15) is 0 Å². The predicted molar refractivity (Wildman–Crippen MR) is 99.3 cm³/mol. The highest BCUT2D eigenvalue weighted by molar-refractivity contribution is 6.30. The highest BCUT2D eigenvalue weighted by Crippen LogP contribution is 2.25. The Hall–Kier alpha value is -1.71. The Labute approximate surface area is 148 Å². The summed E-state index contributed by atoms with van der Waals surface area (Å²) in [5.74, 6) is -0.00906. The Morgan fingerprint density at radius 3 is 2.43 bits per heavy atom. The van der Waals surface area contributed by atoms with Crippen LogP contribution >= 0.6 is 24.0 Å². The number of nitrogens with one attached hydrogen (secondary N) is 1. The van der Waals surface area contributed by atoms with Gasteiger partial charge in [0.25, 0.3) is 0 Å². The Kier molecular flexibility index (Phi) is 6.92. The van der Waals surface area contributed by atoms with E-state index in [0.29, 0.717) is 11.6 Å². The van der Waals surface area contributed by atoms with E-state index in [-0.39, 0.29) is 18.3 Å². The average molecular weight is 353 g/mol. The molecule has 2 aromatic rings. The minimum Gasteiger partial charge on any atom is -0.399 e. The highest BCUT2D eigenvalue weighted by Gasteiger charge is 2.29.